The molecule has 2 aromatic rings. The fourth-order valence-electron chi connectivity index (χ4n) is 2.73. The normalized spacial score (nSPS) is 22.8. The Balaban J connectivity index is 1.78. The number of nitrogens with two attached hydrogens (primary N) is 1. The largest absolute Gasteiger partial charge is 0.384 e. The molecule has 0 amide bonds. The van der Waals surface area contributed by atoms with E-state index in [2.05, 4.69) is 22.0 Å². The van der Waals surface area contributed by atoms with Crippen molar-refractivity contribution >= 4 is 5.82 Å². The van der Waals surface area contributed by atoms with Crippen LogP contribution in [-0.4, -0.2) is 15.1 Å². The van der Waals surface area contributed by atoms with Gasteiger partial charge >= 0.3 is 0 Å². The Morgan fingerprint density at radius 1 is 1.37 bits per heavy atom. The Kier molecular flexibility index (Phi) is 3.19. The summed E-state index contributed by atoms with van der Waals surface area (Å²) in [5.41, 5.74) is 6.38. The molecule has 0 aromatic carbocycles. The van der Waals surface area contributed by atoms with Crippen molar-refractivity contribution in [3.63, 3.8) is 0 Å². The van der Waals surface area contributed by atoms with Crippen molar-refractivity contribution in [1.82, 2.24) is 15.1 Å². The molecule has 100 valence electrons. The summed E-state index contributed by atoms with van der Waals surface area (Å²) >= 11 is 0. The summed E-state index contributed by atoms with van der Waals surface area (Å²) in [7, 11) is 0. The maximum absolute atomic E-state index is 5.56. The molecule has 1 aliphatic rings. The second-order valence-corrected chi connectivity index (χ2v) is 5.21. The summed E-state index contributed by atoms with van der Waals surface area (Å²) in [6.45, 7) is 2.24. The number of hydrogen-bond acceptors (Lipinski definition) is 5. The van der Waals surface area contributed by atoms with Gasteiger partial charge in [0.15, 0.2) is 5.82 Å². The summed E-state index contributed by atoms with van der Waals surface area (Å²) in [6, 6.07) is 3.59. The van der Waals surface area contributed by atoms with Crippen LogP contribution in [0, 0.1) is 5.92 Å². The van der Waals surface area contributed by atoms with Gasteiger partial charge in [-0.3, -0.25) is 0 Å². The van der Waals surface area contributed by atoms with Crippen molar-refractivity contribution in [2.24, 2.45) is 5.92 Å². The minimum atomic E-state index is 0.448. The lowest BCUT2D eigenvalue weighted by Gasteiger charge is -2.04. The van der Waals surface area contributed by atoms with Gasteiger partial charge in [0.1, 0.15) is 5.82 Å². The van der Waals surface area contributed by atoms with Crippen molar-refractivity contribution in [2.75, 3.05) is 5.73 Å². The third kappa shape index (κ3) is 2.45. The molecule has 2 N–H and O–H groups in total. The van der Waals surface area contributed by atoms with Gasteiger partial charge in [0.25, 0.3) is 5.89 Å². The van der Waals surface area contributed by atoms with Crippen molar-refractivity contribution in [2.45, 2.75) is 38.5 Å². The molecule has 1 aliphatic carbocycles. The molecule has 5 nitrogen and oxygen atoms in total. The summed E-state index contributed by atoms with van der Waals surface area (Å²) in [6.07, 6.45) is 6.51. The predicted octanol–water partition coefficient (Wildman–Crippen LogP) is 3.01. The van der Waals surface area contributed by atoms with E-state index < -0.39 is 0 Å². The van der Waals surface area contributed by atoms with E-state index >= 15 is 0 Å². The van der Waals surface area contributed by atoms with Gasteiger partial charge in [0, 0.05) is 12.1 Å². The minimum absolute atomic E-state index is 0.448. The first-order chi connectivity index (χ1) is 9.26. The molecule has 0 spiro atoms. The molecule has 5 heteroatoms. The van der Waals surface area contributed by atoms with Gasteiger partial charge in [-0.05, 0) is 37.3 Å². The number of hydrogen-bond donors (Lipinski definition) is 1. The van der Waals surface area contributed by atoms with E-state index in [0.717, 1.165) is 23.7 Å². The first-order valence-corrected chi connectivity index (χ1v) is 6.81. The minimum Gasteiger partial charge on any atom is -0.384 e. The van der Waals surface area contributed by atoms with Crippen LogP contribution in [0.1, 0.15) is 44.3 Å². The Morgan fingerprint density at radius 3 is 2.95 bits per heavy atom. The fourth-order valence-corrected chi connectivity index (χ4v) is 2.73. The molecule has 2 unspecified atom stereocenters. The first-order valence-electron chi connectivity index (χ1n) is 6.81. The van der Waals surface area contributed by atoms with Crippen LogP contribution >= 0.6 is 0 Å². The van der Waals surface area contributed by atoms with E-state index in [4.69, 9.17) is 10.3 Å². The van der Waals surface area contributed by atoms with Crippen LogP contribution in [0.4, 0.5) is 5.82 Å². The van der Waals surface area contributed by atoms with Crippen molar-refractivity contribution in [3.05, 3.63) is 24.2 Å². The van der Waals surface area contributed by atoms with Crippen LogP contribution in [0.3, 0.4) is 0 Å². The zero-order valence-corrected chi connectivity index (χ0v) is 11.0. The SMILES string of the molecule is CCC1CCC(c2noc(-c3ccc(N)nc3)n2)C1. The van der Waals surface area contributed by atoms with Crippen LogP contribution in [0.15, 0.2) is 22.9 Å². The summed E-state index contributed by atoms with van der Waals surface area (Å²) in [5.74, 6) is 3.12. The number of nitrogens with zero attached hydrogens (tertiary/aromatic N) is 3. The quantitative estimate of drug-likeness (QED) is 0.915. The molecule has 0 bridgehead atoms. The molecule has 2 atom stereocenters. The summed E-state index contributed by atoms with van der Waals surface area (Å²) in [4.78, 5) is 8.54. The molecule has 0 saturated heterocycles. The molecule has 0 radical (unpaired) electrons. The highest BCUT2D eigenvalue weighted by atomic mass is 16.5. The molecular weight excluding hydrogens is 240 g/mol. The predicted molar refractivity (Wildman–Crippen MR) is 72.3 cm³/mol. The number of nitrogen functional groups attached to an aromatic ring is 1. The van der Waals surface area contributed by atoms with Crippen molar-refractivity contribution in [1.29, 1.82) is 0 Å². The lowest BCUT2D eigenvalue weighted by atomic mass is 10.0. The van der Waals surface area contributed by atoms with Crippen LogP contribution in [0.25, 0.3) is 11.5 Å². The average Bonchev–Trinajstić information content (AvgIpc) is 3.08. The van der Waals surface area contributed by atoms with Gasteiger partial charge in [-0.15, -0.1) is 0 Å². The molecule has 0 aliphatic heterocycles. The average molecular weight is 258 g/mol. The smallest absolute Gasteiger partial charge is 0.259 e. The zero-order valence-electron chi connectivity index (χ0n) is 11.0. The van der Waals surface area contributed by atoms with E-state index in [1.165, 1.54) is 19.3 Å². The molecule has 19 heavy (non-hydrogen) atoms. The van der Waals surface area contributed by atoms with E-state index in [-0.39, 0.29) is 0 Å². The van der Waals surface area contributed by atoms with E-state index in [0.29, 0.717) is 17.6 Å². The Morgan fingerprint density at radius 2 is 2.26 bits per heavy atom. The number of pyridine rings is 1. The second-order valence-electron chi connectivity index (χ2n) is 5.21. The zero-order chi connectivity index (χ0) is 13.2. The van der Waals surface area contributed by atoms with Crippen LogP contribution in [-0.2, 0) is 0 Å². The lowest BCUT2D eigenvalue weighted by Crippen LogP contribution is -1.97. The van der Waals surface area contributed by atoms with Gasteiger partial charge in [-0.1, -0.05) is 18.5 Å². The topological polar surface area (TPSA) is 77.8 Å². The maximum atomic E-state index is 5.56. The number of anilines is 1. The number of rotatable bonds is 3. The van der Waals surface area contributed by atoms with Gasteiger partial charge in [-0.2, -0.15) is 4.98 Å². The maximum Gasteiger partial charge on any atom is 0.259 e. The molecule has 3 rings (SSSR count). The van der Waals surface area contributed by atoms with Gasteiger partial charge in [-0.25, -0.2) is 4.98 Å². The summed E-state index contributed by atoms with van der Waals surface area (Å²) in [5, 5.41) is 4.12. The highest BCUT2D eigenvalue weighted by molar-refractivity contribution is 5.53. The van der Waals surface area contributed by atoms with E-state index in [9.17, 15) is 0 Å². The van der Waals surface area contributed by atoms with Crippen LogP contribution in [0.5, 0.6) is 0 Å². The number of aromatic nitrogens is 3. The van der Waals surface area contributed by atoms with Gasteiger partial charge < -0.3 is 10.3 Å². The summed E-state index contributed by atoms with van der Waals surface area (Å²) < 4.78 is 5.33. The third-order valence-corrected chi connectivity index (χ3v) is 3.96. The standard InChI is InChI=1S/C14H18N4O/c1-2-9-3-4-10(7-9)13-17-14(19-18-13)11-5-6-12(15)16-8-11/h5-6,8-10H,2-4,7H2,1H3,(H2,15,16). The van der Waals surface area contributed by atoms with Gasteiger partial charge in [0.05, 0.1) is 5.56 Å². The highest BCUT2D eigenvalue weighted by Gasteiger charge is 2.28. The Bertz CT molecular complexity index is 549. The fraction of sp³-hybridized carbons (Fsp3) is 0.500. The van der Waals surface area contributed by atoms with Crippen molar-refractivity contribution in [3.8, 4) is 11.5 Å². The van der Waals surface area contributed by atoms with E-state index in [1.807, 2.05) is 6.07 Å². The Labute approximate surface area is 112 Å². The van der Waals surface area contributed by atoms with E-state index in [1.54, 1.807) is 12.3 Å². The van der Waals surface area contributed by atoms with Crippen molar-refractivity contribution < 1.29 is 4.52 Å². The van der Waals surface area contributed by atoms with Gasteiger partial charge in [0.2, 0.25) is 0 Å². The second kappa shape index (κ2) is 4.99. The first kappa shape index (κ1) is 12.1. The monoisotopic (exact) mass is 258 g/mol. The molecule has 1 fully saturated rings. The highest BCUT2D eigenvalue weighted by Crippen LogP contribution is 2.38. The molecular formula is C14H18N4O. The van der Waals surface area contributed by atoms with Crippen LogP contribution < -0.4 is 5.73 Å². The van der Waals surface area contributed by atoms with Crippen LogP contribution in [0.2, 0.25) is 0 Å². The molecule has 1 saturated carbocycles. The Hall–Kier alpha value is -1.91. The molecule has 2 aromatic heterocycles. The molecule has 2 heterocycles. The third-order valence-electron chi connectivity index (χ3n) is 3.96. The lowest BCUT2D eigenvalue weighted by molar-refractivity contribution is 0.413.